The molecule has 2 aromatic rings. The van der Waals surface area contributed by atoms with Gasteiger partial charge < -0.3 is 33.2 Å². The summed E-state index contributed by atoms with van der Waals surface area (Å²) in [7, 11) is 0. The molecule has 13 heteroatoms. The molecule has 0 atom stereocenters. The number of halogens is 1. The molecule has 42 heavy (non-hydrogen) atoms. The number of alkyl halides is 1. The molecule has 0 saturated carbocycles. The lowest BCUT2D eigenvalue weighted by molar-refractivity contribution is -0.146. The van der Waals surface area contributed by atoms with E-state index >= 15 is 0 Å². The van der Waals surface area contributed by atoms with Gasteiger partial charge in [-0.05, 0) is 39.8 Å². The van der Waals surface area contributed by atoms with Crippen molar-refractivity contribution in [2.24, 2.45) is 0 Å². The minimum Gasteiger partial charge on any atom is -0.482 e. The Morgan fingerprint density at radius 2 is 1.19 bits per heavy atom. The third-order valence-corrected chi connectivity index (χ3v) is 5.41. The van der Waals surface area contributed by atoms with Crippen molar-refractivity contribution in [3.8, 4) is 29.1 Å². The van der Waals surface area contributed by atoms with E-state index in [4.69, 9.17) is 33.2 Å². The Labute approximate surface area is 252 Å². The molecule has 0 aliphatic heterocycles. The van der Waals surface area contributed by atoms with Gasteiger partial charge >= 0.3 is 23.9 Å². The smallest absolute Gasteiger partial charge is 0.356 e. The van der Waals surface area contributed by atoms with E-state index in [0.29, 0.717) is 16.6 Å². The Kier molecular flexibility index (Phi) is 14.7. The van der Waals surface area contributed by atoms with Crippen molar-refractivity contribution in [3.63, 3.8) is 0 Å². The predicted octanol–water partition coefficient (Wildman–Crippen LogP) is 3.38. The van der Waals surface area contributed by atoms with Gasteiger partial charge in [0.1, 0.15) is 28.5 Å². The number of aromatic nitrogens is 1. The largest absolute Gasteiger partial charge is 0.482 e. The van der Waals surface area contributed by atoms with E-state index < -0.39 is 43.7 Å². The lowest BCUT2D eigenvalue weighted by atomic mass is 10.1. The van der Waals surface area contributed by atoms with Gasteiger partial charge in [-0.1, -0.05) is 27.8 Å². The number of ether oxygens (including phenoxy) is 7. The molecule has 0 aliphatic rings. The van der Waals surface area contributed by atoms with Crippen LogP contribution >= 0.6 is 15.9 Å². The van der Waals surface area contributed by atoms with Crippen LogP contribution in [0, 0.1) is 11.8 Å². The first-order chi connectivity index (χ1) is 20.2. The summed E-state index contributed by atoms with van der Waals surface area (Å²) in [5.74, 6) is 3.56. The Bertz CT molecular complexity index is 1270. The molecule has 0 amide bonds. The minimum atomic E-state index is -0.640. The topological polar surface area (TPSA) is 146 Å². The van der Waals surface area contributed by atoms with Crippen molar-refractivity contribution in [1.82, 2.24) is 4.98 Å². The van der Waals surface area contributed by atoms with Crippen molar-refractivity contribution >= 4 is 39.8 Å². The van der Waals surface area contributed by atoms with Crippen LogP contribution in [0.25, 0.3) is 0 Å². The van der Waals surface area contributed by atoms with E-state index in [1.54, 1.807) is 33.8 Å². The van der Waals surface area contributed by atoms with Crippen LogP contribution in [0.3, 0.4) is 0 Å². The number of hydrogen-bond donors (Lipinski definition) is 0. The summed E-state index contributed by atoms with van der Waals surface area (Å²) in [6.45, 7) is 5.91. The number of hydrogen-bond acceptors (Lipinski definition) is 12. The fourth-order valence-corrected chi connectivity index (χ4v) is 3.48. The maximum atomic E-state index is 12.3. The van der Waals surface area contributed by atoms with Crippen molar-refractivity contribution in [2.45, 2.75) is 33.0 Å². The second kappa shape index (κ2) is 18.2. The zero-order chi connectivity index (χ0) is 30.9. The highest BCUT2D eigenvalue weighted by atomic mass is 79.9. The first kappa shape index (κ1) is 33.9. The van der Waals surface area contributed by atoms with Crippen LogP contribution in [0.2, 0.25) is 0 Å². The van der Waals surface area contributed by atoms with Crippen LogP contribution in [0.15, 0.2) is 24.3 Å². The van der Waals surface area contributed by atoms with Gasteiger partial charge in [0, 0.05) is 23.0 Å². The van der Waals surface area contributed by atoms with Crippen LogP contribution in [0.5, 0.6) is 17.2 Å². The molecule has 0 unspecified atom stereocenters. The molecule has 0 saturated heterocycles. The zero-order valence-electron chi connectivity index (χ0n) is 23.8. The quantitative estimate of drug-likeness (QED) is 0.121. The molecular weight excluding hydrogens is 618 g/mol. The van der Waals surface area contributed by atoms with Crippen LogP contribution in [0.1, 0.15) is 55.0 Å². The maximum Gasteiger partial charge on any atom is 0.356 e. The lowest BCUT2D eigenvalue weighted by Gasteiger charge is -2.15. The van der Waals surface area contributed by atoms with Crippen LogP contribution < -0.4 is 14.2 Å². The Balaban J connectivity index is 2.62. The van der Waals surface area contributed by atoms with Gasteiger partial charge in [-0.15, -0.1) is 0 Å². The standard InChI is InChI=1S/C29H32BrNO11/c1-5-36-26(32)16-40-21-13-24(41-17-27(33)37-6-2)22(25(14-21)42-18-28(34)38-7-3)10-9-19-11-20(15-30)31-23(12-19)29(35)39-8-4/h11-14H,5-8,15-18H2,1-4H3. The third kappa shape index (κ3) is 11.3. The van der Waals surface area contributed by atoms with Gasteiger partial charge in [0.25, 0.3) is 0 Å². The van der Waals surface area contributed by atoms with Crippen molar-refractivity contribution in [2.75, 3.05) is 46.2 Å². The van der Waals surface area contributed by atoms with Gasteiger partial charge in [0.05, 0.1) is 32.1 Å². The molecule has 1 aromatic heterocycles. The molecule has 12 nitrogen and oxygen atoms in total. The Morgan fingerprint density at radius 3 is 1.67 bits per heavy atom. The summed E-state index contributed by atoms with van der Waals surface area (Å²) >= 11 is 3.33. The second-order valence-electron chi connectivity index (χ2n) is 7.91. The summed E-state index contributed by atoms with van der Waals surface area (Å²) in [4.78, 5) is 52.5. The Hall–Kier alpha value is -4.31. The van der Waals surface area contributed by atoms with Crippen LogP contribution in [-0.4, -0.2) is 75.1 Å². The van der Waals surface area contributed by atoms with E-state index in [0.717, 1.165) is 0 Å². The highest BCUT2D eigenvalue weighted by Gasteiger charge is 2.18. The van der Waals surface area contributed by atoms with Gasteiger partial charge in [-0.25, -0.2) is 24.2 Å². The SMILES string of the molecule is CCOC(=O)COc1cc(OCC(=O)OCC)c(C#Cc2cc(CBr)nc(C(=O)OCC)c2)c(OCC(=O)OCC)c1. The number of pyridine rings is 1. The lowest BCUT2D eigenvalue weighted by Crippen LogP contribution is -2.17. The van der Waals surface area contributed by atoms with Crippen LogP contribution in [-0.2, 0) is 38.7 Å². The molecule has 1 aromatic carbocycles. The molecule has 0 aliphatic carbocycles. The molecule has 0 radical (unpaired) electrons. The maximum absolute atomic E-state index is 12.3. The van der Waals surface area contributed by atoms with E-state index in [1.165, 1.54) is 18.2 Å². The molecule has 0 bridgehead atoms. The highest BCUT2D eigenvalue weighted by Crippen LogP contribution is 2.34. The van der Waals surface area contributed by atoms with Crippen molar-refractivity contribution in [1.29, 1.82) is 0 Å². The molecule has 0 N–H and O–H groups in total. The summed E-state index contributed by atoms with van der Waals surface area (Å²) < 4.78 is 36.8. The average Bonchev–Trinajstić information content (AvgIpc) is 2.97. The molecule has 2 rings (SSSR count). The van der Waals surface area contributed by atoms with Gasteiger partial charge in [-0.3, -0.25) is 0 Å². The van der Waals surface area contributed by atoms with E-state index in [2.05, 4.69) is 32.8 Å². The molecular formula is C29H32BrNO11. The molecule has 1 heterocycles. The second-order valence-corrected chi connectivity index (χ2v) is 8.47. The average molecular weight is 650 g/mol. The van der Waals surface area contributed by atoms with Gasteiger partial charge in [0.2, 0.25) is 0 Å². The highest BCUT2D eigenvalue weighted by molar-refractivity contribution is 9.08. The number of carbonyl (C=O) groups excluding carboxylic acids is 4. The van der Waals surface area contributed by atoms with E-state index in [9.17, 15) is 19.2 Å². The molecule has 0 fully saturated rings. The zero-order valence-corrected chi connectivity index (χ0v) is 25.4. The number of rotatable bonds is 15. The number of esters is 4. The summed E-state index contributed by atoms with van der Waals surface area (Å²) in [6.07, 6.45) is 0. The summed E-state index contributed by atoms with van der Waals surface area (Å²) in [5, 5.41) is 0.350. The molecule has 226 valence electrons. The molecule has 0 spiro atoms. The summed E-state index contributed by atoms with van der Waals surface area (Å²) in [5.41, 5.74) is 1.16. The van der Waals surface area contributed by atoms with E-state index in [-0.39, 0.29) is 54.9 Å². The van der Waals surface area contributed by atoms with Gasteiger partial charge in [-0.2, -0.15) is 0 Å². The fraction of sp³-hybridized carbons (Fsp3) is 0.414. The minimum absolute atomic E-state index is 0.0381. The van der Waals surface area contributed by atoms with Crippen molar-refractivity contribution in [3.05, 3.63) is 46.8 Å². The summed E-state index contributed by atoms with van der Waals surface area (Å²) in [6, 6.07) is 5.94. The number of benzene rings is 1. The van der Waals surface area contributed by atoms with Crippen LogP contribution in [0.4, 0.5) is 0 Å². The first-order valence-electron chi connectivity index (χ1n) is 13.0. The monoisotopic (exact) mass is 649 g/mol. The number of nitrogens with zero attached hydrogens (tertiary/aromatic N) is 1. The van der Waals surface area contributed by atoms with Gasteiger partial charge in [0.15, 0.2) is 19.8 Å². The Morgan fingerprint density at radius 1 is 0.690 bits per heavy atom. The predicted molar refractivity (Wildman–Crippen MR) is 152 cm³/mol. The first-order valence-corrected chi connectivity index (χ1v) is 14.2. The normalized spacial score (nSPS) is 10.0. The van der Waals surface area contributed by atoms with E-state index in [1.807, 2.05) is 0 Å². The number of carbonyl (C=O) groups is 4. The van der Waals surface area contributed by atoms with Crippen molar-refractivity contribution < 1.29 is 52.3 Å². The third-order valence-electron chi connectivity index (χ3n) is 4.83. The fourth-order valence-electron chi connectivity index (χ4n) is 3.20.